The van der Waals surface area contributed by atoms with Gasteiger partial charge in [-0.05, 0) is 73.6 Å². The Bertz CT molecular complexity index is 2230. The summed E-state index contributed by atoms with van der Waals surface area (Å²) >= 11 is 0. The average Bonchev–Trinajstić information content (AvgIpc) is 3.29. The van der Waals surface area contributed by atoms with Crippen LogP contribution >= 0.6 is 0 Å². The SMILES string of the molecule is CN/C=C(\C=N)c1cc2c(cc1C(F)F)N(C(=N)C1=C(NC3CCN(C(=O)CN4CCN(CC(=O)Nc5cccc(NC6CCC(=O)NC6=O)c5)CC4)CC3)CCN(C(C)=O)C1)CCC2. The predicted octanol–water partition coefficient (Wildman–Crippen LogP) is 3.12. The van der Waals surface area contributed by atoms with E-state index in [9.17, 15) is 38.2 Å². The molecule has 0 saturated carbocycles. The van der Waals surface area contributed by atoms with Gasteiger partial charge < -0.3 is 41.4 Å². The number of amidine groups is 1. The summed E-state index contributed by atoms with van der Waals surface area (Å²) in [6.45, 7) is 6.87. The smallest absolute Gasteiger partial charge is 0.264 e. The number of nitrogens with zero attached hydrogens (tertiary/aromatic N) is 5. The summed E-state index contributed by atoms with van der Waals surface area (Å²) in [5.41, 5.74) is 4.55. The second-order valence-electron chi connectivity index (χ2n) is 17.3. The quantitative estimate of drug-likeness (QED) is 0.0833. The number of piperidine rings is 2. The van der Waals surface area contributed by atoms with Crippen molar-refractivity contribution in [3.05, 3.63) is 70.6 Å². The molecule has 1 unspecified atom stereocenters. The molecule has 1 atom stereocenters. The summed E-state index contributed by atoms with van der Waals surface area (Å²) in [5, 5.41) is 32.3. The third-order valence-corrected chi connectivity index (χ3v) is 12.9. The number of nitrogens with one attached hydrogen (secondary N) is 7. The topological polar surface area (TPSA) is 209 Å². The van der Waals surface area contributed by atoms with Gasteiger partial charge in [0, 0.05) is 137 Å². The molecular formula is C46H60F2N12O5. The highest BCUT2D eigenvalue weighted by molar-refractivity contribution is 6.11. The van der Waals surface area contributed by atoms with E-state index in [4.69, 9.17) is 5.41 Å². The monoisotopic (exact) mass is 898 g/mol. The number of hydrogen-bond donors (Lipinski definition) is 7. The lowest BCUT2D eigenvalue weighted by atomic mass is 9.91. The predicted molar refractivity (Wildman–Crippen MR) is 245 cm³/mol. The molecule has 2 aromatic rings. The van der Waals surface area contributed by atoms with E-state index in [1.54, 1.807) is 47.2 Å². The fraction of sp³-hybridized carbons (Fsp3) is 0.500. The Labute approximate surface area is 378 Å². The number of halogens is 2. The van der Waals surface area contributed by atoms with Crippen molar-refractivity contribution in [2.45, 2.75) is 70.4 Å². The van der Waals surface area contributed by atoms with Crippen LogP contribution in [0.5, 0.6) is 0 Å². The maximum absolute atomic E-state index is 14.5. The van der Waals surface area contributed by atoms with Gasteiger partial charge in [0.2, 0.25) is 29.5 Å². The summed E-state index contributed by atoms with van der Waals surface area (Å²) in [6, 6.07) is 9.80. The zero-order chi connectivity index (χ0) is 46.2. The zero-order valence-corrected chi connectivity index (χ0v) is 37.1. The molecule has 5 aliphatic rings. The van der Waals surface area contributed by atoms with Crippen LogP contribution in [-0.4, -0.2) is 152 Å². The van der Waals surface area contributed by atoms with Gasteiger partial charge in [0.15, 0.2) is 0 Å². The molecule has 3 saturated heterocycles. The van der Waals surface area contributed by atoms with Gasteiger partial charge in [-0.15, -0.1) is 0 Å². The van der Waals surface area contributed by atoms with Crippen LogP contribution in [0.15, 0.2) is 53.9 Å². The van der Waals surface area contributed by atoms with Gasteiger partial charge in [-0.3, -0.25) is 44.5 Å². The number of hydrogen-bond acceptors (Lipinski definition) is 12. The molecule has 3 fully saturated rings. The third kappa shape index (κ3) is 11.6. The molecule has 2 aromatic carbocycles. The van der Waals surface area contributed by atoms with Gasteiger partial charge in [-0.1, -0.05) is 6.07 Å². The number of rotatable bonds is 14. The minimum atomic E-state index is -2.79. The molecule has 5 heterocycles. The molecule has 0 aliphatic carbocycles. The van der Waals surface area contributed by atoms with E-state index >= 15 is 0 Å². The van der Waals surface area contributed by atoms with E-state index in [1.165, 1.54) is 19.2 Å². The number of benzene rings is 2. The molecule has 0 aromatic heterocycles. The first-order valence-corrected chi connectivity index (χ1v) is 22.5. The fourth-order valence-electron chi connectivity index (χ4n) is 9.28. The van der Waals surface area contributed by atoms with Crippen molar-refractivity contribution in [3.63, 3.8) is 0 Å². The number of anilines is 3. The number of likely N-dealkylation sites (tertiary alicyclic amines) is 1. The molecule has 7 N–H and O–H groups in total. The van der Waals surface area contributed by atoms with Crippen molar-refractivity contribution in [1.29, 1.82) is 10.8 Å². The van der Waals surface area contributed by atoms with E-state index in [1.807, 2.05) is 4.90 Å². The van der Waals surface area contributed by atoms with E-state index in [2.05, 4.69) is 36.4 Å². The number of carbonyl (C=O) groups is 5. The largest absolute Gasteiger partial charge is 0.393 e. The maximum Gasteiger partial charge on any atom is 0.264 e. The first-order chi connectivity index (χ1) is 31.3. The number of piperazine rings is 1. The lowest BCUT2D eigenvalue weighted by Crippen LogP contribution is -2.53. The van der Waals surface area contributed by atoms with E-state index in [0.717, 1.165) is 17.5 Å². The molecule has 17 nitrogen and oxygen atoms in total. The molecule has 5 amide bonds. The Morgan fingerprint density at radius 1 is 0.877 bits per heavy atom. The molecule has 65 heavy (non-hydrogen) atoms. The average molecular weight is 899 g/mol. The first kappa shape index (κ1) is 46.8. The van der Waals surface area contributed by atoms with Crippen LogP contribution in [-0.2, 0) is 30.4 Å². The number of fused-ring (bicyclic) bond motifs is 1. The number of imide groups is 1. The van der Waals surface area contributed by atoms with Gasteiger partial charge >= 0.3 is 0 Å². The van der Waals surface area contributed by atoms with Crippen molar-refractivity contribution in [3.8, 4) is 0 Å². The van der Waals surface area contributed by atoms with Gasteiger partial charge in [0.25, 0.3) is 6.43 Å². The van der Waals surface area contributed by atoms with Crippen LogP contribution < -0.4 is 31.5 Å². The Morgan fingerprint density at radius 2 is 1.60 bits per heavy atom. The zero-order valence-electron chi connectivity index (χ0n) is 37.1. The van der Waals surface area contributed by atoms with Gasteiger partial charge in [0.05, 0.1) is 19.6 Å². The fourth-order valence-corrected chi connectivity index (χ4v) is 9.28. The molecule has 5 aliphatic heterocycles. The van der Waals surface area contributed by atoms with Crippen LogP contribution in [0.3, 0.4) is 0 Å². The summed E-state index contributed by atoms with van der Waals surface area (Å²) < 4.78 is 29.1. The van der Waals surface area contributed by atoms with E-state index in [0.29, 0.717) is 126 Å². The van der Waals surface area contributed by atoms with Crippen molar-refractivity contribution in [2.24, 2.45) is 0 Å². The van der Waals surface area contributed by atoms with Crippen molar-refractivity contribution >= 4 is 64.2 Å². The molecule has 0 radical (unpaired) electrons. The highest BCUT2D eigenvalue weighted by Gasteiger charge is 2.33. The Hall–Kier alpha value is -6.21. The highest BCUT2D eigenvalue weighted by atomic mass is 19.3. The standard InChI is InChI=1S/C46H60F2N12O5/c1-29(61)59-16-12-38(37(26-59)45(50)60-13-4-5-30-21-35(31(24-49)25-51-2)36(44(47)48)23-40(30)60)52-32-10-14-58(15-11-32)43(64)28-57-19-17-56(18-20-57)27-42(63)54-34-7-3-6-33(22-34)53-39-8-9-41(62)55-46(39)65/h3,6-7,21-25,32,39,44,49-53H,4-5,8-20,26-28H2,1-2H3,(H,54,63)(H,55,62,65)/b31-25+,49-24?,50-45?. The van der Waals surface area contributed by atoms with Crippen LogP contribution in [0.2, 0.25) is 0 Å². The van der Waals surface area contributed by atoms with Crippen LogP contribution in [0, 0.1) is 10.8 Å². The number of carbonyl (C=O) groups excluding carboxylic acids is 5. The second kappa shape index (κ2) is 21.2. The Balaban J connectivity index is 0.903. The second-order valence-corrected chi connectivity index (χ2v) is 17.3. The summed E-state index contributed by atoms with van der Waals surface area (Å²) in [4.78, 5) is 72.3. The molecule has 348 valence electrons. The molecule has 0 bridgehead atoms. The summed E-state index contributed by atoms with van der Waals surface area (Å²) in [6.07, 6.45) is 3.71. The number of alkyl halides is 2. The maximum atomic E-state index is 14.5. The van der Waals surface area contributed by atoms with Gasteiger partial charge in [-0.25, -0.2) is 8.78 Å². The molecule has 7 rings (SSSR count). The highest BCUT2D eigenvalue weighted by Crippen LogP contribution is 2.38. The first-order valence-electron chi connectivity index (χ1n) is 22.5. The lowest BCUT2D eigenvalue weighted by molar-refractivity contribution is -0.135. The van der Waals surface area contributed by atoms with Crippen molar-refractivity contribution in [1.82, 2.24) is 35.6 Å². The number of aryl methyl sites for hydroxylation is 1. The van der Waals surface area contributed by atoms with Gasteiger partial charge in [-0.2, -0.15) is 0 Å². The van der Waals surface area contributed by atoms with Crippen LogP contribution in [0.4, 0.5) is 25.8 Å². The van der Waals surface area contributed by atoms with Crippen LogP contribution in [0.25, 0.3) is 5.57 Å². The minimum Gasteiger partial charge on any atom is -0.393 e. The molecule has 0 spiro atoms. The van der Waals surface area contributed by atoms with E-state index < -0.39 is 12.5 Å². The van der Waals surface area contributed by atoms with Crippen molar-refractivity contribution in [2.75, 3.05) is 94.6 Å². The lowest BCUT2D eigenvalue weighted by Gasteiger charge is -2.39. The normalized spacial score (nSPS) is 20.3. The third-order valence-electron chi connectivity index (χ3n) is 12.9. The molecule has 19 heteroatoms. The number of amides is 5. The number of allylic oxidation sites excluding steroid dienone is 1. The van der Waals surface area contributed by atoms with Gasteiger partial charge in [0.1, 0.15) is 11.9 Å². The Morgan fingerprint density at radius 3 is 2.28 bits per heavy atom. The minimum absolute atomic E-state index is 0.0413. The molecular weight excluding hydrogens is 839 g/mol. The van der Waals surface area contributed by atoms with Crippen molar-refractivity contribution < 1.29 is 32.8 Å². The summed E-state index contributed by atoms with van der Waals surface area (Å²) in [5.74, 6) is -0.692. The summed E-state index contributed by atoms with van der Waals surface area (Å²) in [7, 11) is 1.65. The van der Waals surface area contributed by atoms with E-state index in [-0.39, 0.29) is 72.1 Å². The van der Waals surface area contributed by atoms with Crippen LogP contribution in [0.1, 0.15) is 68.6 Å². The Kier molecular flexibility index (Phi) is 15.2.